The molecule has 3 fully saturated rings. The Morgan fingerprint density at radius 1 is 1.06 bits per heavy atom. The fourth-order valence-corrected chi connectivity index (χ4v) is 5.62. The van der Waals surface area contributed by atoms with Crippen LogP contribution in [0.2, 0.25) is 0 Å². The van der Waals surface area contributed by atoms with Gasteiger partial charge in [0.25, 0.3) is 5.91 Å². The van der Waals surface area contributed by atoms with Gasteiger partial charge in [0.1, 0.15) is 6.04 Å². The van der Waals surface area contributed by atoms with Crippen LogP contribution >= 0.6 is 0 Å². The molecule has 0 radical (unpaired) electrons. The van der Waals surface area contributed by atoms with Crippen molar-refractivity contribution in [2.75, 3.05) is 11.9 Å². The largest absolute Gasteiger partial charge is 0.454 e. The molecular formula is C24H30N2O5. The van der Waals surface area contributed by atoms with Crippen molar-refractivity contribution in [1.82, 2.24) is 4.90 Å². The molecule has 1 saturated heterocycles. The van der Waals surface area contributed by atoms with Gasteiger partial charge < -0.3 is 10.1 Å². The number of rotatable bonds is 7. The number of imide groups is 1. The fraction of sp³-hybridized carbons (Fsp3) is 0.583. The predicted octanol–water partition coefficient (Wildman–Crippen LogP) is 2.79. The molecule has 31 heavy (non-hydrogen) atoms. The number of amides is 3. The lowest BCUT2D eigenvalue weighted by Gasteiger charge is -2.28. The lowest BCUT2D eigenvalue weighted by Crippen LogP contribution is -2.50. The van der Waals surface area contributed by atoms with E-state index in [4.69, 9.17) is 4.74 Å². The number of anilines is 1. The standard InChI is InChI=1S/C24H30N2O5/c1-4-14-5-9-17(10-6-14)25-18(27)12-31-24(30)21(13(2)3)26-22(28)19-15-7-8-16(11-15)20(19)23(26)29/h5-6,9-10,13,15-16,19-21H,4,7-8,11-12H2,1-3H3,(H,25,27)/t15-,16-,19+,20+,21-/m0/s1. The molecule has 5 atom stereocenters. The van der Waals surface area contributed by atoms with Gasteiger partial charge in [-0.1, -0.05) is 32.9 Å². The molecule has 1 heterocycles. The quantitative estimate of drug-likeness (QED) is 0.535. The van der Waals surface area contributed by atoms with Crippen molar-refractivity contribution in [1.29, 1.82) is 0 Å². The first-order valence-corrected chi connectivity index (χ1v) is 11.2. The summed E-state index contributed by atoms with van der Waals surface area (Å²) in [6.07, 6.45) is 3.81. The Bertz CT molecular complexity index is 866. The highest BCUT2D eigenvalue weighted by Gasteiger charge is 2.62. The van der Waals surface area contributed by atoms with E-state index in [1.807, 2.05) is 19.1 Å². The van der Waals surface area contributed by atoms with E-state index < -0.39 is 24.5 Å². The van der Waals surface area contributed by atoms with Gasteiger partial charge in [-0.3, -0.25) is 19.3 Å². The highest BCUT2D eigenvalue weighted by molar-refractivity contribution is 6.08. The summed E-state index contributed by atoms with van der Waals surface area (Å²) in [4.78, 5) is 52.4. The van der Waals surface area contributed by atoms with Crippen LogP contribution in [0.25, 0.3) is 0 Å². The second-order valence-electron chi connectivity index (χ2n) is 9.33. The number of carbonyl (C=O) groups is 4. The summed E-state index contributed by atoms with van der Waals surface area (Å²) in [6, 6.07) is 6.44. The summed E-state index contributed by atoms with van der Waals surface area (Å²) in [7, 11) is 0. The van der Waals surface area contributed by atoms with Crippen LogP contribution in [-0.2, 0) is 30.3 Å². The van der Waals surface area contributed by atoms with E-state index in [-0.39, 0.29) is 41.4 Å². The Labute approximate surface area is 182 Å². The molecular weight excluding hydrogens is 396 g/mol. The fourth-order valence-electron chi connectivity index (χ4n) is 5.62. The second-order valence-corrected chi connectivity index (χ2v) is 9.33. The monoisotopic (exact) mass is 426 g/mol. The van der Waals surface area contributed by atoms with Gasteiger partial charge in [0, 0.05) is 5.69 Å². The van der Waals surface area contributed by atoms with E-state index in [1.54, 1.807) is 26.0 Å². The minimum absolute atomic E-state index is 0.238. The zero-order valence-electron chi connectivity index (χ0n) is 18.3. The average molecular weight is 427 g/mol. The van der Waals surface area contributed by atoms with E-state index in [0.717, 1.165) is 36.1 Å². The Hall–Kier alpha value is -2.70. The van der Waals surface area contributed by atoms with Crippen LogP contribution in [-0.4, -0.2) is 41.2 Å². The highest BCUT2D eigenvalue weighted by Crippen LogP contribution is 2.56. The topological polar surface area (TPSA) is 92.8 Å². The highest BCUT2D eigenvalue weighted by atomic mass is 16.5. The SMILES string of the molecule is CCc1ccc(NC(=O)COC(=O)[C@H](C(C)C)N2C(=O)[C@@H]3[C@H]4CC[C@@H](C4)[C@H]3C2=O)cc1. The van der Waals surface area contributed by atoms with Crippen molar-refractivity contribution in [2.45, 2.75) is 52.5 Å². The van der Waals surface area contributed by atoms with E-state index in [2.05, 4.69) is 5.32 Å². The maximum atomic E-state index is 13.1. The molecule has 1 N–H and O–H groups in total. The number of likely N-dealkylation sites (tertiary alicyclic amines) is 1. The number of ether oxygens (including phenoxy) is 1. The predicted molar refractivity (Wildman–Crippen MR) is 114 cm³/mol. The molecule has 1 aromatic carbocycles. The Morgan fingerprint density at radius 3 is 2.16 bits per heavy atom. The Kier molecular flexibility index (Phi) is 5.86. The molecule has 2 bridgehead atoms. The molecule has 1 aliphatic heterocycles. The summed E-state index contributed by atoms with van der Waals surface area (Å²) < 4.78 is 5.25. The molecule has 0 unspecified atom stereocenters. The normalized spacial score (nSPS) is 27.5. The Morgan fingerprint density at radius 2 is 1.65 bits per heavy atom. The van der Waals surface area contributed by atoms with Crippen LogP contribution in [0.4, 0.5) is 5.69 Å². The molecule has 4 rings (SSSR count). The molecule has 3 aliphatic rings. The van der Waals surface area contributed by atoms with Gasteiger partial charge in [0.15, 0.2) is 6.61 Å². The number of aryl methyl sites for hydroxylation is 1. The van der Waals surface area contributed by atoms with Crippen LogP contribution in [0.15, 0.2) is 24.3 Å². The molecule has 2 saturated carbocycles. The lowest BCUT2D eigenvalue weighted by molar-refractivity contribution is -0.162. The first kappa shape index (κ1) is 21.5. The van der Waals surface area contributed by atoms with Gasteiger partial charge in [0.05, 0.1) is 11.8 Å². The Balaban J connectivity index is 1.39. The van der Waals surface area contributed by atoms with Gasteiger partial charge in [-0.25, -0.2) is 4.79 Å². The van der Waals surface area contributed by atoms with Crippen molar-refractivity contribution in [3.05, 3.63) is 29.8 Å². The van der Waals surface area contributed by atoms with E-state index >= 15 is 0 Å². The summed E-state index contributed by atoms with van der Waals surface area (Å²) in [5.74, 6) is -2.01. The molecule has 7 nitrogen and oxygen atoms in total. The van der Waals surface area contributed by atoms with Crippen molar-refractivity contribution in [3.63, 3.8) is 0 Å². The molecule has 1 aromatic rings. The van der Waals surface area contributed by atoms with Crippen molar-refractivity contribution in [3.8, 4) is 0 Å². The smallest absolute Gasteiger partial charge is 0.330 e. The number of hydrogen-bond acceptors (Lipinski definition) is 5. The maximum Gasteiger partial charge on any atom is 0.330 e. The zero-order chi connectivity index (χ0) is 22.3. The molecule has 0 spiro atoms. The molecule has 2 aliphatic carbocycles. The first-order valence-electron chi connectivity index (χ1n) is 11.2. The second kappa shape index (κ2) is 8.44. The zero-order valence-corrected chi connectivity index (χ0v) is 18.3. The van der Waals surface area contributed by atoms with Gasteiger partial charge in [-0.15, -0.1) is 0 Å². The summed E-state index contributed by atoms with van der Waals surface area (Å²) in [5, 5.41) is 2.69. The van der Waals surface area contributed by atoms with Gasteiger partial charge >= 0.3 is 5.97 Å². The van der Waals surface area contributed by atoms with Gasteiger partial charge in [-0.05, 0) is 61.1 Å². The van der Waals surface area contributed by atoms with Crippen LogP contribution in [0.3, 0.4) is 0 Å². The number of benzene rings is 1. The maximum absolute atomic E-state index is 13.1. The first-order chi connectivity index (χ1) is 14.8. The minimum atomic E-state index is -0.998. The lowest BCUT2D eigenvalue weighted by atomic mass is 9.81. The van der Waals surface area contributed by atoms with Crippen molar-refractivity contribution in [2.24, 2.45) is 29.6 Å². The third kappa shape index (κ3) is 3.86. The molecule has 166 valence electrons. The van der Waals surface area contributed by atoms with E-state index in [0.29, 0.717) is 5.69 Å². The van der Waals surface area contributed by atoms with Crippen molar-refractivity contribution >= 4 is 29.4 Å². The number of carbonyl (C=O) groups excluding carboxylic acids is 4. The summed E-state index contributed by atoms with van der Waals surface area (Å²) in [5.41, 5.74) is 1.77. The van der Waals surface area contributed by atoms with E-state index in [9.17, 15) is 19.2 Å². The van der Waals surface area contributed by atoms with Crippen LogP contribution in [0, 0.1) is 29.6 Å². The van der Waals surface area contributed by atoms with Crippen molar-refractivity contribution < 1.29 is 23.9 Å². The van der Waals surface area contributed by atoms with Crippen LogP contribution in [0.1, 0.15) is 45.6 Å². The number of nitrogens with zero attached hydrogens (tertiary/aromatic N) is 1. The molecule has 7 heteroatoms. The third-order valence-corrected chi connectivity index (χ3v) is 7.10. The van der Waals surface area contributed by atoms with Crippen LogP contribution < -0.4 is 5.32 Å². The average Bonchev–Trinajstić information content (AvgIpc) is 3.42. The number of nitrogens with one attached hydrogen (secondary N) is 1. The summed E-state index contributed by atoms with van der Waals surface area (Å²) >= 11 is 0. The number of hydrogen-bond donors (Lipinski definition) is 1. The number of fused-ring (bicyclic) bond motifs is 5. The molecule has 0 aromatic heterocycles. The summed E-state index contributed by atoms with van der Waals surface area (Å²) in [6.45, 7) is 5.15. The number of esters is 1. The van der Waals surface area contributed by atoms with Gasteiger partial charge in [-0.2, -0.15) is 0 Å². The third-order valence-electron chi connectivity index (χ3n) is 7.10. The van der Waals surface area contributed by atoms with E-state index in [1.165, 1.54) is 0 Å². The molecule has 3 amide bonds. The van der Waals surface area contributed by atoms with Crippen LogP contribution in [0.5, 0.6) is 0 Å². The minimum Gasteiger partial charge on any atom is -0.454 e. The van der Waals surface area contributed by atoms with Gasteiger partial charge in [0.2, 0.25) is 11.8 Å².